The van der Waals surface area contributed by atoms with Crippen LogP contribution in [0.1, 0.15) is 11.1 Å². The van der Waals surface area contributed by atoms with Crippen LogP contribution in [0.3, 0.4) is 0 Å². The lowest BCUT2D eigenvalue weighted by Gasteiger charge is -1.96. The topological polar surface area (TPSA) is 46.5 Å². The van der Waals surface area contributed by atoms with Crippen LogP contribution in [0.5, 0.6) is 0 Å². The molecule has 2 aromatic heterocycles. The van der Waals surface area contributed by atoms with Gasteiger partial charge in [-0.2, -0.15) is 5.10 Å². The highest BCUT2D eigenvalue weighted by atomic mass is 15.3. The zero-order chi connectivity index (χ0) is 12.0. The predicted molar refractivity (Wildman–Crippen MR) is 67.8 cm³/mol. The number of aromatic nitrogens is 4. The van der Waals surface area contributed by atoms with Crippen LogP contribution in [0, 0.1) is 13.8 Å². The van der Waals surface area contributed by atoms with Gasteiger partial charge in [0.05, 0.1) is 11.0 Å². The van der Waals surface area contributed by atoms with Crippen molar-refractivity contribution in [1.29, 1.82) is 0 Å². The number of H-pyrrole nitrogens is 1. The molecule has 0 aliphatic rings. The van der Waals surface area contributed by atoms with E-state index in [9.17, 15) is 0 Å². The lowest BCUT2D eigenvalue weighted by Crippen LogP contribution is -1.88. The monoisotopic (exact) mass is 226 g/mol. The summed E-state index contributed by atoms with van der Waals surface area (Å²) in [6, 6.07) is 6.22. The lowest BCUT2D eigenvalue weighted by molar-refractivity contribution is 0.769. The molecule has 86 valence electrons. The maximum atomic E-state index is 4.61. The normalized spacial score (nSPS) is 11.2. The quantitative estimate of drug-likeness (QED) is 0.693. The number of aromatic amines is 1. The molecule has 2 heterocycles. The molecular weight excluding hydrogens is 212 g/mol. The van der Waals surface area contributed by atoms with Crippen LogP contribution < -0.4 is 0 Å². The number of hydrogen-bond acceptors (Lipinski definition) is 2. The van der Waals surface area contributed by atoms with Crippen molar-refractivity contribution in [2.45, 2.75) is 13.8 Å². The third-order valence-corrected chi connectivity index (χ3v) is 2.88. The van der Waals surface area contributed by atoms with Crippen LogP contribution in [-0.4, -0.2) is 19.7 Å². The number of benzene rings is 1. The van der Waals surface area contributed by atoms with Gasteiger partial charge in [0.25, 0.3) is 0 Å². The minimum Gasteiger partial charge on any atom is -0.337 e. The Hall–Kier alpha value is -2.10. The summed E-state index contributed by atoms with van der Waals surface area (Å²) in [6.45, 7) is 4.17. The number of nitrogens with zero attached hydrogens (tertiary/aromatic N) is 3. The smallest absolute Gasteiger partial charge is 0.159 e. The van der Waals surface area contributed by atoms with Gasteiger partial charge in [-0.1, -0.05) is 6.07 Å². The molecule has 4 heteroatoms. The molecule has 0 unspecified atom stereocenters. The molecule has 1 N–H and O–H groups in total. The van der Waals surface area contributed by atoms with Gasteiger partial charge in [0.1, 0.15) is 5.69 Å². The van der Waals surface area contributed by atoms with Gasteiger partial charge in [-0.05, 0) is 37.1 Å². The largest absolute Gasteiger partial charge is 0.337 e. The summed E-state index contributed by atoms with van der Waals surface area (Å²) in [5, 5.41) is 4.35. The van der Waals surface area contributed by atoms with E-state index < -0.39 is 0 Å². The highest BCUT2D eigenvalue weighted by Gasteiger charge is 2.09. The Balaban J connectivity index is 2.23. The molecule has 0 spiro atoms. The van der Waals surface area contributed by atoms with Crippen LogP contribution in [0.2, 0.25) is 0 Å². The number of nitrogens with one attached hydrogen (secondary N) is 1. The Morgan fingerprint density at radius 3 is 2.76 bits per heavy atom. The molecule has 0 amide bonds. The van der Waals surface area contributed by atoms with Gasteiger partial charge in [0, 0.05) is 13.2 Å². The van der Waals surface area contributed by atoms with Gasteiger partial charge in [-0.15, -0.1) is 0 Å². The van der Waals surface area contributed by atoms with Gasteiger partial charge in [-0.3, -0.25) is 4.68 Å². The third kappa shape index (κ3) is 1.62. The summed E-state index contributed by atoms with van der Waals surface area (Å²) in [6.07, 6.45) is 1.92. The zero-order valence-electron chi connectivity index (χ0n) is 10.2. The molecule has 3 rings (SSSR count). The van der Waals surface area contributed by atoms with Crippen LogP contribution in [0.4, 0.5) is 0 Å². The van der Waals surface area contributed by atoms with Gasteiger partial charge < -0.3 is 4.98 Å². The summed E-state index contributed by atoms with van der Waals surface area (Å²) in [4.78, 5) is 7.93. The fourth-order valence-corrected chi connectivity index (χ4v) is 2.13. The van der Waals surface area contributed by atoms with Gasteiger partial charge >= 0.3 is 0 Å². The first-order chi connectivity index (χ1) is 8.13. The minimum absolute atomic E-state index is 0.828. The number of aryl methyl sites for hydroxylation is 3. The van der Waals surface area contributed by atoms with Crippen molar-refractivity contribution in [2.75, 3.05) is 0 Å². The minimum atomic E-state index is 0.828. The van der Waals surface area contributed by atoms with Crippen LogP contribution in [-0.2, 0) is 7.05 Å². The molecule has 0 aliphatic heterocycles. The molecule has 0 aliphatic carbocycles. The van der Waals surface area contributed by atoms with Crippen molar-refractivity contribution < 1.29 is 0 Å². The fraction of sp³-hybridized carbons (Fsp3) is 0.231. The van der Waals surface area contributed by atoms with E-state index in [0.29, 0.717) is 0 Å². The Labute approximate surface area is 99.3 Å². The van der Waals surface area contributed by atoms with Crippen molar-refractivity contribution in [2.24, 2.45) is 7.05 Å². The van der Waals surface area contributed by atoms with Crippen molar-refractivity contribution in [3.63, 3.8) is 0 Å². The molecule has 0 radical (unpaired) electrons. The van der Waals surface area contributed by atoms with Crippen LogP contribution in [0.25, 0.3) is 22.6 Å². The second-order valence-electron chi connectivity index (χ2n) is 4.44. The highest BCUT2D eigenvalue weighted by molar-refractivity contribution is 5.82. The predicted octanol–water partition coefficient (Wildman–Crippen LogP) is 2.58. The molecule has 0 fully saturated rings. The SMILES string of the molecule is Cc1cc(C)c2nc(-c3ccn(C)n3)[nH]c2c1. The van der Waals surface area contributed by atoms with Crippen molar-refractivity contribution in [1.82, 2.24) is 19.7 Å². The molecule has 1 aromatic carbocycles. The second kappa shape index (κ2) is 3.45. The third-order valence-electron chi connectivity index (χ3n) is 2.88. The molecule has 4 nitrogen and oxygen atoms in total. The van der Waals surface area contributed by atoms with Gasteiger partial charge in [0.2, 0.25) is 0 Å². The Kier molecular flexibility index (Phi) is 2.04. The molecule has 17 heavy (non-hydrogen) atoms. The zero-order valence-corrected chi connectivity index (χ0v) is 10.2. The van der Waals surface area contributed by atoms with E-state index in [1.165, 1.54) is 11.1 Å². The van der Waals surface area contributed by atoms with Crippen molar-refractivity contribution >= 4 is 11.0 Å². The molecule has 0 saturated heterocycles. The van der Waals surface area contributed by atoms with E-state index in [-0.39, 0.29) is 0 Å². The average Bonchev–Trinajstić information content (AvgIpc) is 2.83. The summed E-state index contributed by atoms with van der Waals surface area (Å²) in [5.74, 6) is 0.828. The summed E-state index contributed by atoms with van der Waals surface area (Å²) in [5.41, 5.74) is 5.41. The van der Waals surface area contributed by atoms with Gasteiger partial charge in [0.15, 0.2) is 5.82 Å². The fourth-order valence-electron chi connectivity index (χ4n) is 2.13. The first-order valence-electron chi connectivity index (χ1n) is 5.60. The van der Waals surface area contributed by atoms with Crippen molar-refractivity contribution in [3.8, 4) is 11.5 Å². The summed E-state index contributed by atoms with van der Waals surface area (Å²) >= 11 is 0. The number of imidazole rings is 1. The van der Waals surface area contributed by atoms with Crippen LogP contribution in [0.15, 0.2) is 24.4 Å². The molecule has 0 bridgehead atoms. The standard InChI is InChI=1S/C13H14N4/c1-8-6-9(2)12-11(7-8)14-13(15-12)10-4-5-17(3)16-10/h4-7H,1-3H3,(H,14,15). The van der Waals surface area contributed by atoms with E-state index in [4.69, 9.17) is 0 Å². The maximum Gasteiger partial charge on any atom is 0.159 e. The Morgan fingerprint density at radius 1 is 1.24 bits per heavy atom. The van der Waals surface area contributed by atoms with Crippen molar-refractivity contribution in [3.05, 3.63) is 35.5 Å². The van der Waals surface area contributed by atoms with E-state index in [1.54, 1.807) is 4.68 Å². The highest BCUT2D eigenvalue weighted by Crippen LogP contribution is 2.22. The first kappa shape index (κ1) is 10.1. The first-order valence-corrected chi connectivity index (χ1v) is 5.60. The summed E-state index contributed by atoms with van der Waals surface area (Å²) < 4.78 is 1.78. The molecule has 0 saturated carbocycles. The maximum absolute atomic E-state index is 4.61. The molecule has 3 aromatic rings. The number of rotatable bonds is 1. The van der Waals surface area contributed by atoms with E-state index in [1.807, 2.05) is 19.3 Å². The number of fused-ring (bicyclic) bond motifs is 1. The number of hydrogen-bond donors (Lipinski definition) is 1. The molecular formula is C13H14N4. The second-order valence-corrected chi connectivity index (χ2v) is 4.44. The van der Waals surface area contributed by atoms with Crippen LogP contribution >= 0.6 is 0 Å². The Bertz CT molecular complexity index is 691. The average molecular weight is 226 g/mol. The Morgan fingerprint density at radius 2 is 2.06 bits per heavy atom. The van der Waals surface area contributed by atoms with E-state index in [2.05, 4.69) is 41.0 Å². The van der Waals surface area contributed by atoms with E-state index in [0.717, 1.165) is 22.6 Å². The van der Waals surface area contributed by atoms with Gasteiger partial charge in [-0.25, -0.2) is 4.98 Å². The van der Waals surface area contributed by atoms with E-state index >= 15 is 0 Å². The summed E-state index contributed by atoms with van der Waals surface area (Å²) in [7, 11) is 1.90. The molecule has 0 atom stereocenters. The lowest BCUT2D eigenvalue weighted by atomic mass is 10.1.